The van der Waals surface area contributed by atoms with E-state index < -0.39 is 0 Å². The minimum absolute atomic E-state index is 0.0442. The fraction of sp³-hybridized carbons (Fsp3) is 0.111. The summed E-state index contributed by atoms with van der Waals surface area (Å²) in [5.74, 6) is 1.21. The highest BCUT2D eigenvalue weighted by molar-refractivity contribution is 9.10. The van der Waals surface area contributed by atoms with E-state index in [0.29, 0.717) is 15.9 Å². The number of H-pyrrole nitrogens is 1. The molecule has 0 amide bonds. The van der Waals surface area contributed by atoms with Crippen LogP contribution in [0, 0.1) is 13.8 Å². The number of aryl methyl sites for hydroxylation is 2. The number of para-hydroxylation sites is 1. The van der Waals surface area contributed by atoms with E-state index in [4.69, 9.17) is 4.74 Å². The highest BCUT2D eigenvalue weighted by Crippen LogP contribution is 2.24. The molecular weight excluding hydrogens is 356 g/mol. The molecule has 23 heavy (non-hydrogen) atoms. The molecule has 0 fully saturated rings. The van der Waals surface area contributed by atoms with E-state index in [1.165, 1.54) is 0 Å². The Hall–Kier alpha value is -2.40. The fourth-order valence-corrected chi connectivity index (χ4v) is 2.69. The predicted molar refractivity (Wildman–Crippen MR) is 94.0 cm³/mol. The summed E-state index contributed by atoms with van der Waals surface area (Å²) in [4.78, 5) is 20.0. The first-order valence-corrected chi connectivity index (χ1v) is 7.94. The van der Waals surface area contributed by atoms with Crippen LogP contribution >= 0.6 is 15.9 Å². The van der Waals surface area contributed by atoms with Gasteiger partial charge in [-0.05, 0) is 48.0 Å². The Bertz CT molecular complexity index is 887. The first-order chi connectivity index (χ1) is 11.1. The Balaban J connectivity index is 1.95. The Labute approximate surface area is 142 Å². The van der Waals surface area contributed by atoms with Gasteiger partial charge >= 0.3 is 0 Å². The fourth-order valence-electron chi connectivity index (χ4n) is 2.39. The summed E-state index contributed by atoms with van der Waals surface area (Å²) in [5.41, 5.74) is 2.95. The minimum atomic E-state index is -0.0442. The predicted octanol–water partition coefficient (Wildman–Crippen LogP) is 4.61. The molecule has 5 heteroatoms. The lowest BCUT2D eigenvalue weighted by Crippen LogP contribution is -2.11. The first-order valence-electron chi connectivity index (χ1n) is 7.14. The molecule has 0 aliphatic rings. The zero-order valence-corrected chi connectivity index (χ0v) is 14.3. The third kappa shape index (κ3) is 3.19. The number of rotatable bonds is 3. The van der Waals surface area contributed by atoms with Crippen molar-refractivity contribution in [2.24, 2.45) is 0 Å². The number of hydrogen-bond acceptors (Lipinski definition) is 3. The van der Waals surface area contributed by atoms with Crippen LogP contribution in [0.2, 0.25) is 0 Å². The van der Waals surface area contributed by atoms with Gasteiger partial charge in [-0.15, -0.1) is 0 Å². The largest absolute Gasteiger partial charge is 0.439 e. The van der Waals surface area contributed by atoms with Gasteiger partial charge in [0, 0.05) is 29.2 Å². The third-order valence-electron chi connectivity index (χ3n) is 3.50. The van der Waals surface area contributed by atoms with Gasteiger partial charge in [-0.25, -0.2) is 4.98 Å². The van der Waals surface area contributed by atoms with E-state index in [1.54, 1.807) is 12.3 Å². The molecule has 0 saturated heterocycles. The van der Waals surface area contributed by atoms with Gasteiger partial charge in [-0.3, -0.25) is 4.79 Å². The standard InChI is InChI=1S/C18H15BrN2O2/c1-11-16(18(22)17(19)12(2)21-11)13-8-9-15(20-10-13)23-14-6-4-3-5-7-14/h3-10H,1-2H3,(H,21,22). The summed E-state index contributed by atoms with van der Waals surface area (Å²) in [6.45, 7) is 3.74. The van der Waals surface area contributed by atoms with Gasteiger partial charge in [0.2, 0.25) is 11.3 Å². The quantitative estimate of drug-likeness (QED) is 0.732. The maximum Gasteiger partial charge on any atom is 0.219 e. The molecule has 116 valence electrons. The second-order valence-electron chi connectivity index (χ2n) is 5.19. The second-order valence-corrected chi connectivity index (χ2v) is 5.99. The monoisotopic (exact) mass is 370 g/mol. The van der Waals surface area contributed by atoms with Crippen LogP contribution in [0.25, 0.3) is 11.1 Å². The van der Waals surface area contributed by atoms with Crippen LogP contribution in [0.1, 0.15) is 11.4 Å². The molecule has 2 aromatic heterocycles. The topological polar surface area (TPSA) is 55.0 Å². The number of ether oxygens (including phenoxy) is 1. The van der Waals surface area contributed by atoms with Gasteiger partial charge in [0.05, 0.1) is 10.0 Å². The normalized spacial score (nSPS) is 10.6. The van der Waals surface area contributed by atoms with Crippen LogP contribution in [0.5, 0.6) is 11.6 Å². The molecule has 0 saturated carbocycles. The molecule has 2 heterocycles. The van der Waals surface area contributed by atoms with Gasteiger partial charge in [0.15, 0.2) is 0 Å². The Morgan fingerprint density at radius 1 is 1.04 bits per heavy atom. The smallest absolute Gasteiger partial charge is 0.219 e. The summed E-state index contributed by atoms with van der Waals surface area (Å²) in [7, 11) is 0. The molecule has 0 aliphatic heterocycles. The number of nitrogens with zero attached hydrogens (tertiary/aromatic N) is 1. The minimum Gasteiger partial charge on any atom is -0.439 e. The van der Waals surface area contributed by atoms with E-state index in [-0.39, 0.29) is 5.43 Å². The van der Waals surface area contributed by atoms with Gasteiger partial charge in [0.1, 0.15) is 5.75 Å². The molecular formula is C18H15BrN2O2. The SMILES string of the molecule is Cc1[nH]c(C)c(-c2ccc(Oc3ccccc3)nc2)c(=O)c1Br. The van der Waals surface area contributed by atoms with E-state index in [1.807, 2.05) is 50.2 Å². The summed E-state index contributed by atoms with van der Waals surface area (Å²) >= 11 is 3.33. The van der Waals surface area contributed by atoms with Crippen molar-refractivity contribution >= 4 is 15.9 Å². The summed E-state index contributed by atoms with van der Waals surface area (Å²) in [5, 5.41) is 0. The average molecular weight is 371 g/mol. The molecule has 0 spiro atoms. The highest BCUT2D eigenvalue weighted by atomic mass is 79.9. The number of pyridine rings is 2. The number of aromatic nitrogens is 2. The van der Waals surface area contributed by atoms with Crippen molar-refractivity contribution in [3.63, 3.8) is 0 Å². The molecule has 0 aliphatic carbocycles. The van der Waals surface area contributed by atoms with Crippen molar-refractivity contribution in [2.45, 2.75) is 13.8 Å². The summed E-state index contributed by atoms with van der Waals surface area (Å²) < 4.78 is 6.21. The van der Waals surface area contributed by atoms with Gasteiger partial charge < -0.3 is 9.72 Å². The summed E-state index contributed by atoms with van der Waals surface area (Å²) in [6, 6.07) is 13.0. The van der Waals surface area contributed by atoms with Gasteiger partial charge in [-0.1, -0.05) is 18.2 Å². The first kappa shape index (κ1) is 15.5. The molecule has 4 nitrogen and oxygen atoms in total. The van der Waals surface area contributed by atoms with Crippen molar-refractivity contribution in [3.05, 3.63) is 74.7 Å². The average Bonchev–Trinajstić information content (AvgIpc) is 2.55. The molecule has 1 N–H and O–H groups in total. The Morgan fingerprint density at radius 2 is 1.78 bits per heavy atom. The second kappa shape index (κ2) is 6.38. The zero-order valence-electron chi connectivity index (χ0n) is 12.8. The lowest BCUT2D eigenvalue weighted by Gasteiger charge is -2.09. The number of hydrogen-bond donors (Lipinski definition) is 1. The van der Waals surface area contributed by atoms with Crippen molar-refractivity contribution in [2.75, 3.05) is 0 Å². The van der Waals surface area contributed by atoms with Gasteiger partial charge in [-0.2, -0.15) is 0 Å². The molecule has 0 unspecified atom stereocenters. The molecule has 0 radical (unpaired) electrons. The van der Waals surface area contributed by atoms with Crippen molar-refractivity contribution in [3.8, 4) is 22.8 Å². The van der Waals surface area contributed by atoms with E-state index in [0.717, 1.165) is 22.7 Å². The number of nitrogens with one attached hydrogen (secondary N) is 1. The van der Waals surface area contributed by atoms with Gasteiger partial charge in [0.25, 0.3) is 0 Å². The maximum atomic E-state index is 12.5. The Morgan fingerprint density at radius 3 is 2.43 bits per heavy atom. The van der Waals surface area contributed by atoms with Crippen LogP contribution < -0.4 is 10.2 Å². The van der Waals surface area contributed by atoms with Crippen molar-refractivity contribution in [1.29, 1.82) is 0 Å². The zero-order chi connectivity index (χ0) is 16.4. The van der Waals surface area contributed by atoms with Crippen LogP contribution in [0.4, 0.5) is 0 Å². The van der Waals surface area contributed by atoms with Crippen LogP contribution in [-0.4, -0.2) is 9.97 Å². The van der Waals surface area contributed by atoms with Crippen LogP contribution in [0.3, 0.4) is 0 Å². The Kier molecular flexibility index (Phi) is 4.30. The third-order valence-corrected chi connectivity index (χ3v) is 4.45. The molecule has 0 atom stereocenters. The van der Waals surface area contributed by atoms with Crippen molar-refractivity contribution < 1.29 is 4.74 Å². The van der Waals surface area contributed by atoms with Crippen molar-refractivity contribution in [1.82, 2.24) is 9.97 Å². The maximum absolute atomic E-state index is 12.5. The molecule has 0 bridgehead atoms. The van der Waals surface area contributed by atoms with Crippen LogP contribution in [-0.2, 0) is 0 Å². The number of aromatic amines is 1. The van der Waals surface area contributed by atoms with E-state index >= 15 is 0 Å². The summed E-state index contributed by atoms with van der Waals surface area (Å²) in [6.07, 6.45) is 1.65. The molecule has 1 aromatic carbocycles. The lowest BCUT2D eigenvalue weighted by atomic mass is 10.1. The molecule has 3 aromatic rings. The number of benzene rings is 1. The number of halogens is 1. The van der Waals surface area contributed by atoms with E-state index in [9.17, 15) is 4.79 Å². The lowest BCUT2D eigenvalue weighted by molar-refractivity contribution is 0.463. The highest BCUT2D eigenvalue weighted by Gasteiger charge is 2.13. The van der Waals surface area contributed by atoms with Crippen LogP contribution in [0.15, 0.2) is 57.9 Å². The van der Waals surface area contributed by atoms with E-state index in [2.05, 4.69) is 25.9 Å². The molecule has 3 rings (SSSR count).